The first kappa shape index (κ1) is 14.8. The van der Waals surface area contributed by atoms with Crippen molar-refractivity contribution in [2.75, 3.05) is 18.4 Å². The van der Waals surface area contributed by atoms with Crippen molar-refractivity contribution in [1.82, 2.24) is 4.90 Å². The number of hydrogen-bond acceptors (Lipinski definition) is 4. The number of carbonyl (C=O) groups excluding carboxylic acids is 3. The summed E-state index contributed by atoms with van der Waals surface area (Å²) in [6, 6.07) is 5.95. The molecule has 2 rings (SSSR count). The molecular weight excluding hydrogens is 274 g/mol. The normalized spacial score (nSPS) is 15.5. The third kappa shape index (κ3) is 3.71. The Hall–Kier alpha value is -2.57. The lowest BCUT2D eigenvalue weighted by Gasteiger charge is -2.29. The number of amides is 3. The van der Waals surface area contributed by atoms with Crippen LogP contribution < -0.4 is 11.1 Å². The molecule has 0 saturated carbocycles. The number of phenols is 1. The lowest BCUT2D eigenvalue weighted by molar-refractivity contribution is -0.144. The minimum atomic E-state index is -0.766. The van der Waals surface area contributed by atoms with Gasteiger partial charge in [0.2, 0.25) is 5.91 Å². The average Bonchev–Trinajstić information content (AvgIpc) is 2.46. The smallest absolute Gasteiger partial charge is 0.313 e. The highest BCUT2D eigenvalue weighted by atomic mass is 16.3. The second-order valence-corrected chi connectivity index (χ2v) is 4.97. The van der Waals surface area contributed by atoms with Gasteiger partial charge in [0.1, 0.15) is 5.75 Å². The van der Waals surface area contributed by atoms with E-state index in [1.165, 1.54) is 17.0 Å². The summed E-state index contributed by atoms with van der Waals surface area (Å²) < 4.78 is 0. The van der Waals surface area contributed by atoms with Gasteiger partial charge in [-0.05, 0) is 25.0 Å². The maximum Gasteiger partial charge on any atom is 0.313 e. The summed E-state index contributed by atoms with van der Waals surface area (Å²) in [6.07, 6.45) is 0.945. The Morgan fingerprint density at radius 3 is 2.48 bits per heavy atom. The third-order valence-electron chi connectivity index (χ3n) is 3.48. The van der Waals surface area contributed by atoms with Gasteiger partial charge in [0.25, 0.3) is 0 Å². The molecule has 1 aliphatic rings. The van der Waals surface area contributed by atoms with Gasteiger partial charge < -0.3 is 21.1 Å². The fourth-order valence-electron chi connectivity index (χ4n) is 2.28. The zero-order chi connectivity index (χ0) is 15.4. The van der Waals surface area contributed by atoms with Crippen molar-refractivity contribution in [3.05, 3.63) is 24.3 Å². The van der Waals surface area contributed by atoms with E-state index in [9.17, 15) is 19.5 Å². The molecule has 21 heavy (non-hydrogen) atoms. The van der Waals surface area contributed by atoms with Gasteiger partial charge >= 0.3 is 11.8 Å². The van der Waals surface area contributed by atoms with Gasteiger partial charge in [-0.25, -0.2) is 0 Å². The number of aromatic hydroxyl groups is 1. The Labute approximate surface area is 121 Å². The molecule has 3 amide bonds. The number of hydrogen-bond donors (Lipinski definition) is 3. The summed E-state index contributed by atoms with van der Waals surface area (Å²) in [5.41, 5.74) is 5.57. The van der Waals surface area contributed by atoms with Crippen molar-refractivity contribution in [2.45, 2.75) is 12.8 Å². The van der Waals surface area contributed by atoms with Crippen LogP contribution in [0.4, 0.5) is 5.69 Å². The van der Waals surface area contributed by atoms with Crippen molar-refractivity contribution >= 4 is 23.4 Å². The molecule has 1 aliphatic heterocycles. The molecule has 0 bridgehead atoms. The van der Waals surface area contributed by atoms with Gasteiger partial charge in [-0.3, -0.25) is 14.4 Å². The fourth-order valence-corrected chi connectivity index (χ4v) is 2.28. The van der Waals surface area contributed by atoms with E-state index in [1.54, 1.807) is 12.1 Å². The summed E-state index contributed by atoms with van der Waals surface area (Å²) in [6.45, 7) is 0.666. The number of nitrogens with one attached hydrogen (secondary N) is 1. The molecule has 0 radical (unpaired) electrons. The van der Waals surface area contributed by atoms with Crippen LogP contribution in [-0.4, -0.2) is 40.8 Å². The molecule has 7 nitrogen and oxygen atoms in total. The number of primary amides is 1. The zero-order valence-electron chi connectivity index (χ0n) is 11.4. The van der Waals surface area contributed by atoms with Crippen LogP contribution in [0.5, 0.6) is 5.75 Å². The number of benzene rings is 1. The zero-order valence-corrected chi connectivity index (χ0v) is 11.4. The molecule has 0 spiro atoms. The molecule has 0 unspecified atom stereocenters. The third-order valence-corrected chi connectivity index (χ3v) is 3.48. The summed E-state index contributed by atoms with van der Waals surface area (Å²) in [4.78, 5) is 36.3. The van der Waals surface area contributed by atoms with Crippen molar-refractivity contribution in [1.29, 1.82) is 0 Å². The van der Waals surface area contributed by atoms with E-state index in [2.05, 4.69) is 5.32 Å². The van der Waals surface area contributed by atoms with E-state index in [1.807, 2.05) is 0 Å². The van der Waals surface area contributed by atoms with Crippen LogP contribution in [0, 0.1) is 5.92 Å². The number of phenolic OH excluding ortho intramolecular Hbond substituents is 1. The topological polar surface area (TPSA) is 113 Å². The maximum absolute atomic E-state index is 12.0. The van der Waals surface area contributed by atoms with Crippen molar-refractivity contribution < 1.29 is 19.5 Å². The number of nitrogens with zero attached hydrogens (tertiary/aromatic N) is 1. The summed E-state index contributed by atoms with van der Waals surface area (Å²) in [5, 5.41) is 11.7. The molecule has 0 aromatic heterocycles. The monoisotopic (exact) mass is 291 g/mol. The number of likely N-dealkylation sites (tertiary alicyclic amines) is 1. The Bertz CT molecular complexity index is 565. The lowest BCUT2D eigenvalue weighted by atomic mass is 9.96. The Morgan fingerprint density at radius 2 is 1.90 bits per heavy atom. The van der Waals surface area contributed by atoms with E-state index >= 15 is 0 Å². The first-order valence-electron chi connectivity index (χ1n) is 6.66. The lowest BCUT2D eigenvalue weighted by Crippen LogP contribution is -2.46. The molecule has 1 heterocycles. The predicted octanol–water partition coefficient (Wildman–Crippen LogP) is 0.0546. The second-order valence-electron chi connectivity index (χ2n) is 4.97. The number of carbonyl (C=O) groups is 3. The molecular formula is C14H17N3O4. The number of anilines is 1. The van der Waals surface area contributed by atoms with Gasteiger partial charge in [0.15, 0.2) is 0 Å². The molecule has 112 valence electrons. The largest absolute Gasteiger partial charge is 0.508 e. The Balaban J connectivity index is 1.91. The summed E-state index contributed by atoms with van der Waals surface area (Å²) in [7, 11) is 0. The van der Waals surface area contributed by atoms with Crippen molar-refractivity contribution in [3.8, 4) is 5.75 Å². The predicted molar refractivity (Wildman–Crippen MR) is 75.2 cm³/mol. The van der Waals surface area contributed by atoms with E-state index in [0.29, 0.717) is 31.6 Å². The number of rotatable bonds is 2. The van der Waals surface area contributed by atoms with Crippen LogP contribution in [0.3, 0.4) is 0 Å². The van der Waals surface area contributed by atoms with Gasteiger partial charge in [-0.1, -0.05) is 6.07 Å². The first-order valence-corrected chi connectivity index (χ1v) is 6.66. The average molecular weight is 291 g/mol. The molecule has 0 aliphatic carbocycles. The first-order chi connectivity index (χ1) is 9.97. The van der Waals surface area contributed by atoms with Crippen LogP contribution in [0.1, 0.15) is 12.8 Å². The van der Waals surface area contributed by atoms with Crippen LogP contribution in [0.25, 0.3) is 0 Å². The minimum absolute atomic E-state index is 0.00233. The SMILES string of the molecule is NC(=O)C1CCN(C(=O)C(=O)Nc2cccc(O)c2)CC1. The fraction of sp³-hybridized carbons (Fsp3) is 0.357. The van der Waals surface area contributed by atoms with Crippen LogP contribution in [-0.2, 0) is 14.4 Å². The molecule has 1 aromatic rings. The quantitative estimate of drug-likeness (QED) is 0.668. The molecule has 1 fully saturated rings. The molecule has 7 heteroatoms. The van der Waals surface area contributed by atoms with E-state index in [0.717, 1.165) is 0 Å². The number of nitrogens with two attached hydrogens (primary N) is 1. The van der Waals surface area contributed by atoms with Crippen LogP contribution in [0.15, 0.2) is 24.3 Å². The molecule has 0 atom stereocenters. The molecule has 1 saturated heterocycles. The van der Waals surface area contributed by atoms with E-state index in [4.69, 9.17) is 5.73 Å². The maximum atomic E-state index is 12.0. The summed E-state index contributed by atoms with van der Waals surface area (Å²) >= 11 is 0. The number of piperidine rings is 1. The van der Waals surface area contributed by atoms with Gasteiger partial charge in [0, 0.05) is 30.8 Å². The van der Waals surface area contributed by atoms with Crippen molar-refractivity contribution in [3.63, 3.8) is 0 Å². The van der Waals surface area contributed by atoms with Crippen LogP contribution in [0.2, 0.25) is 0 Å². The van der Waals surface area contributed by atoms with E-state index in [-0.39, 0.29) is 17.6 Å². The van der Waals surface area contributed by atoms with Gasteiger partial charge in [-0.15, -0.1) is 0 Å². The van der Waals surface area contributed by atoms with Gasteiger partial charge in [0.05, 0.1) is 0 Å². The highest BCUT2D eigenvalue weighted by Crippen LogP contribution is 2.18. The second kappa shape index (κ2) is 6.25. The molecule has 4 N–H and O–H groups in total. The summed E-state index contributed by atoms with van der Waals surface area (Å²) in [5.74, 6) is -2.02. The molecule has 1 aromatic carbocycles. The Morgan fingerprint density at radius 1 is 1.24 bits per heavy atom. The highest BCUT2D eigenvalue weighted by Gasteiger charge is 2.29. The van der Waals surface area contributed by atoms with E-state index < -0.39 is 11.8 Å². The van der Waals surface area contributed by atoms with Crippen molar-refractivity contribution in [2.24, 2.45) is 11.7 Å². The Kier molecular flexibility index (Phi) is 4.42. The van der Waals surface area contributed by atoms with Gasteiger partial charge in [-0.2, -0.15) is 0 Å². The van der Waals surface area contributed by atoms with Crippen LogP contribution >= 0.6 is 0 Å². The standard InChI is InChI=1S/C14H17N3O4/c15-12(19)9-4-6-17(7-5-9)14(21)13(20)16-10-2-1-3-11(18)8-10/h1-3,8-9,18H,4-7H2,(H2,15,19)(H,16,20). The highest BCUT2D eigenvalue weighted by molar-refractivity contribution is 6.39. The minimum Gasteiger partial charge on any atom is -0.508 e.